The number of hydrazone groups is 1. The summed E-state index contributed by atoms with van der Waals surface area (Å²) in [7, 11) is 0. The summed E-state index contributed by atoms with van der Waals surface area (Å²) in [5, 5.41) is 13.2. The smallest absolute Gasteiger partial charge is 0.336 e. The van der Waals surface area contributed by atoms with Gasteiger partial charge in [0.25, 0.3) is 5.91 Å². The maximum Gasteiger partial charge on any atom is 0.336 e. The van der Waals surface area contributed by atoms with Crippen molar-refractivity contribution in [1.29, 1.82) is 0 Å². The quantitative estimate of drug-likeness (QED) is 0.184. The largest absolute Gasteiger partial charge is 0.508 e. The first-order valence-electron chi connectivity index (χ1n) is 8.88. The second-order valence-electron chi connectivity index (χ2n) is 6.09. The van der Waals surface area contributed by atoms with Crippen molar-refractivity contribution < 1.29 is 19.4 Å². The number of phenols is 1. The molecule has 30 heavy (non-hydrogen) atoms. The van der Waals surface area contributed by atoms with E-state index in [-0.39, 0.29) is 5.75 Å². The van der Waals surface area contributed by atoms with E-state index in [1.54, 1.807) is 24.3 Å². The Morgan fingerprint density at radius 2 is 1.73 bits per heavy atom. The molecule has 2 N–H and O–H groups in total. The highest BCUT2D eigenvalue weighted by Gasteiger charge is 2.08. The van der Waals surface area contributed by atoms with Crippen LogP contribution in [0.2, 0.25) is 0 Å². The molecule has 3 aromatic carbocycles. The van der Waals surface area contributed by atoms with E-state index in [0.717, 1.165) is 10.0 Å². The summed E-state index contributed by atoms with van der Waals surface area (Å²) < 4.78 is 6.16. The lowest BCUT2D eigenvalue weighted by atomic mass is 10.2. The van der Waals surface area contributed by atoms with Gasteiger partial charge in [-0.15, -0.1) is 0 Å². The molecule has 0 aliphatic carbocycles. The second kappa shape index (κ2) is 10.2. The number of benzene rings is 3. The first-order valence-corrected chi connectivity index (χ1v) is 9.67. The summed E-state index contributed by atoms with van der Waals surface area (Å²) >= 11 is 3.36. The van der Waals surface area contributed by atoms with Crippen molar-refractivity contribution in [2.24, 2.45) is 5.10 Å². The van der Waals surface area contributed by atoms with Gasteiger partial charge in [-0.2, -0.15) is 5.10 Å². The van der Waals surface area contributed by atoms with Crippen LogP contribution in [0.1, 0.15) is 21.5 Å². The Hall–Kier alpha value is -3.71. The van der Waals surface area contributed by atoms with Crippen LogP contribution in [0.3, 0.4) is 0 Å². The summed E-state index contributed by atoms with van der Waals surface area (Å²) in [5.74, 6) is -0.616. The van der Waals surface area contributed by atoms with Gasteiger partial charge in [0.2, 0.25) is 0 Å². The second-order valence-corrected chi connectivity index (χ2v) is 7.01. The average Bonchev–Trinajstić information content (AvgIpc) is 2.75. The van der Waals surface area contributed by atoms with Crippen LogP contribution in [0.15, 0.2) is 88.4 Å². The number of halogens is 1. The Bertz CT molecular complexity index is 1090. The van der Waals surface area contributed by atoms with E-state index in [4.69, 9.17) is 4.74 Å². The van der Waals surface area contributed by atoms with Gasteiger partial charge >= 0.3 is 5.97 Å². The van der Waals surface area contributed by atoms with E-state index >= 15 is 0 Å². The van der Waals surface area contributed by atoms with E-state index in [1.807, 2.05) is 30.3 Å². The number of nitrogens with one attached hydrogen (secondary N) is 1. The van der Waals surface area contributed by atoms with Gasteiger partial charge in [0.15, 0.2) is 0 Å². The summed E-state index contributed by atoms with van der Waals surface area (Å²) in [6.45, 7) is 0. The van der Waals surface area contributed by atoms with Gasteiger partial charge in [-0.25, -0.2) is 10.2 Å². The van der Waals surface area contributed by atoms with Crippen molar-refractivity contribution in [3.05, 3.63) is 100 Å². The zero-order chi connectivity index (χ0) is 21.3. The molecule has 0 aliphatic heterocycles. The van der Waals surface area contributed by atoms with Crippen molar-refractivity contribution in [1.82, 2.24) is 5.43 Å². The van der Waals surface area contributed by atoms with Crippen LogP contribution in [-0.4, -0.2) is 23.2 Å². The summed E-state index contributed by atoms with van der Waals surface area (Å²) in [5.41, 5.74) is 4.11. The van der Waals surface area contributed by atoms with Crippen molar-refractivity contribution >= 4 is 40.1 Å². The molecule has 1 amide bonds. The number of ether oxygens (including phenoxy) is 1. The van der Waals surface area contributed by atoms with Gasteiger partial charge < -0.3 is 9.84 Å². The van der Waals surface area contributed by atoms with E-state index < -0.39 is 11.9 Å². The van der Waals surface area contributed by atoms with Gasteiger partial charge in [0.1, 0.15) is 11.5 Å². The number of nitrogens with zero attached hydrogens (tertiary/aromatic N) is 1. The predicted octanol–water partition coefficient (Wildman–Crippen LogP) is 4.54. The molecule has 150 valence electrons. The molecule has 0 spiro atoms. The summed E-state index contributed by atoms with van der Waals surface area (Å²) in [4.78, 5) is 24.2. The third-order valence-corrected chi connectivity index (χ3v) is 4.39. The number of phenolic OH excluding ortho intramolecular Hbond substituents is 1. The molecule has 0 atom stereocenters. The number of carbonyl (C=O) groups is 2. The van der Waals surface area contributed by atoms with Crippen LogP contribution >= 0.6 is 15.9 Å². The third kappa shape index (κ3) is 6.15. The molecule has 0 heterocycles. The number of esters is 1. The fourth-order valence-corrected chi connectivity index (χ4v) is 2.80. The normalized spacial score (nSPS) is 11.0. The molecule has 0 aromatic heterocycles. The number of carbonyl (C=O) groups excluding carboxylic acids is 2. The molecule has 6 nitrogen and oxygen atoms in total. The molecule has 0 unspecified atom stereocenters. The number of hydrogen-bond acceptors (Lipinski definition) is 5. The van der Waals surface area contributed by atoms with Crippen molar-refractivity contribution in [2.75, 3.05) is 0 Å². The fourth-order valence-electron chi connectivity index (χ4n) is 2.42. The Morgan fingerprint density at radius 3 is 2.47 bits per heavy atom. The SMILES string of the molecule is O=C(/C=C/c1ccccc1)Oc1ccc(Br)cc1/C=N\NC(=O)c1ccc(O)cc1. The molecule has 0 aliphatic rings. The Morgan fingerprint density at radius 1 is 1.00 bits per heavy atom. The van der Waals surface area contributed by atoms with Gasteiger partial charge in [0.05, 0.1) is 6.21 Å². The highest BCUT2D eigenvalue weighted by molar-refractivity contribution is 9.10. The van der Waals surface area contributed by atoms with E-state index in [2.05, 4.69) is 26.5 Å². The predicted molar refractivity (Wildman–Crippen MR) is 118 cm³/mol. The van der Waals surface area contributed by atoms with Gasteiger partial charge in [-0.05, 0) is 54.1 Å². The molecule has 0 bridgehead atoms. The van der Waals surface area contributed by atoms with Gasteiger partial charge in [0, 0.05) is 21.7 Å². The van der Waals surface area contributed by atoms with Crippen LogP contribution in [0.4, 0.5) is 0 Å². The zero-order valence-electron chi connectivity index (χ0n) is 15.7. The Kier molecular flexibility index (Phi) is 7.13. The minimum atomic E-state index is -0.538. The molecular formula is C23H17BrN2O4. The van der Waals surface area contributed by atoms with Crippen LogP contribution in [0, 0.1) is 0 Å². The lowest BCUT2D eigenvalue weighted by Crippen LogP contribution is -2.17. The van der Waals surface area contributed by atoms with Crippen LogP contribution in [-0.2, 0) is 4.79 Å². The van der Waals surface area contributed by atoms with E-state index in [1.165, 1.54) is 36.6 Å². The van der Waals surface area contributed by atoms with Crippen molar-refractivity contribution in [2.45, 2.75) is 0 Å². The maximum atomic E-state index is 12.2. The zero-order valence-corrected chi connectivity index (χ0v) is 17.2. The van der Waals surface area contributed by atoms with Crippen LogP contribution in [0.5, 0.6) is 11.5 Å². The monoisotopic (exact) mass is 464 g/mol. The van der Waals surface area contributed by atoms with E-state index in [9.17, 15) is 14.7 Å². The molecular weight excluding hydrogens is 448 g/mol. The van der Waals surface area contributed by atoms with Crippen LogP contribution in [0.25, 0.3) is 6.08 Å². The lowest BCUT2D eigenvalue weighted by molar-refractivity contribution is -0.128. The number of hydrogen-bond donors (Lipinski definition) is 2. The first kappa shape index (κ1) is 21.0. The third-order valence-electron chi connectivity index (χ3n) is 3.89. The minimum absolute atomic E-state index is 0.0666. The first-order chi connectivity index (χ1) is 14.5. The highest BCUT2D eigenvalue weighted by Crippen LogP contribution is 2.22. The Labute approximate surface area is 181 Å². The lowest BCUT2D eigenvalue weighted by Gasteiger charge is -2.06. The van der Waals surface area contributed by atoms with Gasteiger partial charge in [-0.1, -0.05) is 46.3 Å². The highest BCUT2D eigenvalue weighted by atomic mass is 79.9. The molecule has 3 aromatic rings. The van der Waals surface area contributed by atoms with Gasteiger partial charge in [-0.3, -0.25) is 4.79 Å². The molecule has 0 fully saturated rings. The van der Waals surface area contributed by atoms with Crippen LogP contribution < -0.4 is 10.2 Å². The molecule has 3 rings (SSSR count). The summed E-state index contributed by atoms with van der Waals surface area (Å²) in [6, 6.07) is 20.2. The number of amides is 1. The standard InChI is InChI=1S/C23H17BrN2O4/c24-19-9-12-21(30-22(28)13-6-16-4-2-1-3-5-16)18(14-19)15-25-26-23(29)17-7-10-20(27)11-8-17/h1-15,27H,(H,26,29)/b13-6+,25-15-. The molecule has 0 saturated heterocycles. The molecule has 7 heteroatoms. The maximum absolute atomic E-state index is 12.2. The van der Waals surface area contributed by atoms with Crippen molar-refractivity contribution in [3.8, 4) is 11.5 Å². The topological polar surface area (TPSA) is 88.0 Å². The number of aromatic hydroxyl groups is 1. The van der Waals surface area contributed by atoms with E-state index in [0.29, 0.717) is 16.9 Å². The minimum Gasteiger partial charge on any atom is -0.508 e. The van der Waals surface area contributed by atoms with Crippen molar-refractivity contribution in [3.63, 3.8) is 0 Å². The Balaban J connectivity index is 1.67. The average molecular weight is 465 g/mol. The molecule has 0 radical (unpaired) electrons. The fraction of sp³-hybridized carbons (Fsp3) is 0. The summed E-state index contributed by atoms with van der Waals surface area (Å²) in [6.07, 6.45) is 4.38. The number of rotatable bonds is 6. The molecule has 0 saturated carbocycles.